The minimum absolute atomic E-state index is 0. The molecule has 1 aromatic heterocycles. The molecule has 152 valence electrons. The predicted molar refractivity (Wildman–Crippen MR) is 122 cm³/mol. The van der Waals surface area contributed by atoms with Crippen molar-refractivity contribution in [1.82, 2.24) is 15.2 Å². The first-order chi connectivity index (χ1) is 13.2. The summed E-state index contributed by atoms with van der Waals surface area (Å²) in [5, 5.41) is 3.41. The Kier molecular flexibility index (Phi) is 9.49. The molecule has 1 aromatic carbocycles. The number of guanidine groups is 1. The van der Waals surface area contributed by atoms with E-state index in [1.165, 1.54) is 0 Å². The van der Waals surface area contributed by atoms with Crippen LogP contribution in [-0.4, -0.2) is 49.7 Å². The summed E-state index contributed by atoms with van der Waals surface area (Å²) in [5.74, 6) is 2.09. The molecule has 1 aliphatic rings. The van der Waals surface area contributed by atoms with Gasteiger partial charge >= 0.3 is 0 Å². The summed E-state index contributed by atoms with van der Waals surface area (Å²) in [6.45, 7) is 3.84. The van der Waals surface area contributed by atoms with Crippen molar-refractivity contribution >= 4 is 29.9 Å². The molecule has 0 amide bonds. The fourth-order valence-electron chi connectivity index (χ4n) is 3.14. The van der Waals surface area contributed by atoms with Gasteiger partial charge in [-0.25, -0.2) is 4.98 Å². The Morgan fingerprint density at radius 2 is 2.11 bits per heavy atom. The first-order valence-electron chi connectivity index (χ1n) is 9.36. The zero-order chi connectivity index (χ0) is 18.9. The van der Waals surface area contributed by atoms with Crippen molar-refractivity contribution in [3.05, 3.63) is 59.8 Å². The zero-order valence-corrected chi connectivity index (χ0v) is 18.8. The van der Waals surface area contributed by atoms with E-state index < -0.39 is 0 Å². The minimum Gasteiger partial charge on any atom is -0.473 e. The van der Waals surface area contributed by atoms with Crippen LogP contribution in [0, 0.1) is 5.92 Å². The van der Waals surface area contributed by atoms with Gasteiger partial charge in [0.15, 0.2) is 5.96 Å². The van der Waals surface area contributed by atoms with Crippen LogP contribution in [0.4, 0.5) is 0 Å². The molecule has 1 saturated heterocycles. The summed E-state index contributed by atoms with van der Waals surface area (Å²) < 4.78 is 11.3. The highest BCUT2D eigenvalue weighted by atomic mass is 127. The normalized spacial score (nSPS) is 16.4. The Morgan fingerprint density at radius 1 is 1.29 bits per heavy atom. The van der Waals surface area contributed by atoms with Crippen molar-refractivity contribution in [1.29, 1.82) is 0 Å². The van der Waals surface area contributed by atoms with Crippen LogP contribution >= 0.6 is 24.0 Å². The van der Waals surface area contributed by atoms with E-state index in [-0.39, 0.29) is 24.0 Å². The van der Waals surface area contributed by atoms with Crippen molar-refractivity contribution in [2.45, 2.75) is 19.6 Å². The average Bonchev–Trinajstić information content (AvgIpc) is 3.21. The molecule has 0 bridgehead atoms. The number of halogens is 1. The molecule has 0 aliphatic carbocycles. The number of hydrogen-bond acceptors (Lipinski definition) is 4. The molecular weight excluding hydrogens is 467 g/mol. The Bertz CT molecular complexity index is 736. The fourth-order valence-corrected chi connectivity index (χ4v) is 3.14. The third-order valence-corrected chi connectivity index (χ3v) is 4.61. The lowest BCUT2D eigenvalue weighted by Crippen LogP contribution is -2.41. The van der Waals surface area contributed by atoms with Gasteiger partial charge in [0.25, 0.3) is 0 Å². The van der Waals surface area contributed by atoms with Gasteiger partial charge in [-0.15, -0.1) is 24.0 Å². The largest absolute Gasteiger partial charge is 0.473 e. The van der Waals surface area contributed by atoms with Gasteiger partial charge in [-0.1, -0.05) is 30.3 Å². The highest BCUT2D eigenvalue weighted by Gasteiger charge is 2.19. The van der Waals surface area contributed by atoms with Crippen molar-refractivity contribution in [2.24, 2.45) is 10.9 Å². The molecule has 3 rings (SSSR count). The molecule has 6 nitrogen and oxygen atoms in total. The van der Waals surface area contributed by atoms with Crippen molar-refractivity contribution in [3.63, 3.8) is 0 Å². The number of hydrogen-bond donors (Lipinski definition) is 1. The SMILES string of the molecule is CN=C(NCc1ccnc(OCc2ccccc2)c1)N(C)CC1CCOC1.I. The molecule has 2 aromatic rings. The quantitative estimate of drug-likeness (QED) is 0.362. The molecule has 1 atom stereocenters. The Labute approximate surface area is 184 Å². The van der Waals surface area contributed by atoms with Gasteiger partial charge in [0, 0.05) is 52.0 Å². The highest BCUT2D eigenvalue weighted by molar-refractivity contribution is 14.0. The average molecular weight is 496 g/mol. The zero-order valence-electron chi connectivity index (χ0n) is 16.5. The number of aliphatic imine (C=N–C) groups is 1. The molecule has 28 heavy (non-hydrogen) atoms. The molecule has 1 unspecified atom stereocenters. The second kappa shape index (κ2) is 11.9. The maximum atomic E-state index is 5.81. The lowest BCUT2D eigenvalue weighted by Gasteiger charge is -2.24. The number of pyridine rings is 1. The van der Waals surface area contributed by atoms with Gasteiger partial charge in [0.05, 0.1) is 6.61 Å². The Balaban J connectivity index is 0.00000280. The van der Waals surface area contributed by atoms with E-state index >= 15 is 0 Å². The number of ether oxygens (including phenoxy) is 2. The molecule has 1 aliphatic heterocycles. The monoisotopic (exact) mass is 496 g/mol. The van der Waals surface area contributed by atoms with Crippen LogP contribution in [-0.2, 0) is 17.9 Å². The van der Waals surface area contributed by atoms with E-state index in [0.717, 1.165) is 43.3 Å². The molecule has 1 N–H and O–H groups in total. The first kappa shape index (κ1) is 22.4. The second-order valence-electron chi connectivity index (χ2n) is 6.79. The van der Waals surface area contributed by atoms with Crippen LogP contribution in [0.25, 0.3) is 0 Å². The molecular formula is C21H29IN4O2. The van der Waals surface area contributed by atoms with Gasteiger partial charge in [0.1, 0.15) is 6.61 Å². The van der Waals surface area contributed by atoms with Gasteiger partial charge in [-0.05, 0) is 23.6 Å². The summed E-state index contributed by atoms with van der Waals surface area (Å²) in [5.41, 5.74) is 2.23. The maximum Gasteiger partial charge on any atom is 0.213 e. The molecule has 0 saturated carbocycles. The van der Waals surface area contributed by atoms with Crippen LogP contribution in [0.1, 0.15) is 17.5 Å². The molecule has 0 spiro atoms. The van der Waals surface area contributed by atoms with E-state index in [9.17, 15) is 0 Å². The topological polar surface area (TPSA) is 59.0 Å². The number of nitrogens with zero attached hydrogens (tertiary/aromatic N) is 3. The molecule has 7 heteroatoms. The van der Waals surface area contributed by atoms with E-state index in [2.05, 4.69) is 27.2 Å². The van der Waals surface area contributed by atoms with E-state index in [1.807, 2.05) is 49.5 Å². The van der Waals surface area contributed by atoms with Gasteiger partial charge in [-0.2, -0.15) is 0 Å². The van der Waals surface area contributed by atoms with E-state index in [1.54, 1.807) is 6.20 Å². The highest BCUT2D eigenvalue weighted by Crippen LogP contribution is 2.14. The standard InChI is InChI=1S/C21H28N4O2.HI/c1-22-21(25(2)14-19-9-11-26-15-19)24-13-18-8-10-23-20(12-18)27-16-17-6-4-3-5-7-17;/h3-8,10,12,19H,9,11,13-16H2,1-2H3,(H,22,24);1H. The van der Waals surface area contributed by atoms with Crippen molar-refractivity contribution in [3.8, 4) is 5.88 Å². The lowest BCUT2D eigenvalue weighted by molar-refractivity contribution is 0.181. The Morgan fingerprint density at radius 3 is 2.82 bits per heavy atom. The van der Waals surface area contributed by atoms with Crippen LogP contribution < -0.4 is 10.1 Å². The number of rotatable bonds is 7. The molecule has 2 heterocycles. The summed E-state index contributed by atoms with van der Waals surface area (Å²) in [6, 6.07) is 14.0. The Hall–Kier alpha value is -1.87. The minimum atomic E-state index is 0. The van der Waals surface area contributed by atoms with Gasteiger partial charge in [0.2, 0.25) is 5.88 Å². The summed E-state index contributed by atoms with van der Waals surface area (Å²) in [4.78, 5) is 10.8. The molecule has 0 radical (unpaired) electrons. The molecule has 1 fully saturated rings. The van der Waals surface area contributed by atoms with Crippen LogP contribution in [0.5, 0.6) is 5.88 Å². The lowest BCUT2D eigenvalue weighted by atomic mass is 10.1. The second-order valence-corrected chi connectivity index (χ2v) is 6.79. The summed E-state index contributed by atoms with van der Waals surface area (Å²) in [7, 11) is 3.87. The van der Waals surface area contributed by atoms with Gasteiger partial charge in [-0.3, -0.25) is 4.99 Å². The summed E-state index contributed by atoms with van der Waals surface area (Å²) >= 11 is 0. The first-order valence-corrected chi connectivity index (χ1v) is 9.36. The van der Waals surface area contributed by atoms with E-state index in [4.69, 9.17) is 9.47 Å². The van der Waals surface area contributed by atoms with E-state index in [0.29, 0.717) is 24.9 Å². The third kappa shape index (κ3) is 6.94. The van der Waals surface area contributed by atoms with Crippen molar-refractivity contribution in [2.75, 3.05) is 33.9 Å². The van der Waals surface area contributed by atoms with Crippen molar-refractivity contribution < 1.29 is 9.47 Å². The smallest absolute Gasteiger partial charge is 0.213 e. The van der Waals surface area contributed by atoms with Crippen LogP contribution in [0.15, 0.2) is 53.7 Å². The van der Waals surface area contributed by atoms with Crippen LogP contribution in [0.3, 0.4) is 0 Å². The predicted octanol–water partition coefficient (Wildman–Crippen LogP) is 3.32. The number of aromatic nitrogens is 1. The maximum absolute atomic E-state index is 5.81. The fraction of sp³-hybridized carbons (Fsp3) is 0.429. The number of benzene rings is 1. The van der Waals surface area contributed by atoms with Gasteiger partial charge < -0.3 is 19.7 Å². The number of nitrogens with one attached hydrogen (secondary N) is 1. The summed E-state index contributed by atoms with van der Waals surface area (Å²) in [6.07, 6.45) is 2.90. The van der Waals surface area contributed by atoms with Crippen LogP contribution in [0.2, 0.25) is 0 Å². The third-order valence-electron chi connectivity index (χ3n) is 4.61.